The van der Waals surface area contributed by atoms with Crippen molar-refractivity contribution in [3.05, 3.63) is 27.7 Å². The Morgan fingerprint density at radius 2 is 1.93 bits per heavy atom. The summed E-state index contributed by atoms with van der Waals surface area (Å²) in [6, 6.07) is 2.67. The summed E-state index contributed by atoms with van der Waals surface area (Å²) in [7, 11) is 0. The van der Waals surface area contributed by atoms with E-state index in [1.165, 1.54) is 6.07 Å². The van der Waals surface area contributed by atoms with E-state index in [1.807, 2.05) is 0 Å². The maximum atomic E-state index is 9.71. The van der Waals surface area contributed by atoms with Gasteiger partial charge in [0.2, 0.25) is 0 Å². The van der Waals surface area contributed by atoms with Crippen molar-refractivity contribution in [1.29, 1.82) is 0 Å². The van der Waals surface area contributed by atoms with Crippen molar-refractivity contribution < 1.29 is 5.11 Å². The van der Waals surface area contributed by atoms with Crippen molar-refractivity contribution in [2.75, 3.05) is 5.73 Å². The third kappa shape index (κ3) is 2.30. The second kappa shape index (κ2) is 4.36. The van der Waals surface area contributed by atoms with Crippen LogP contribution in [0, 0.1) is 0 Å². The molecule has 0 spiro atoms. The van der Waals surface area contributed by atoms with Crippen LogP contribution in [0.2, 0.25) is 10.0 Å². The van der Waals surface area contributed by atoms with Crippen LogP contribution in [0.1, 0.15) is 18.6 Å². The molecule has 14 heavy (non-hydrogen) atoms. The van der Waals surface area contributed by atoms with Crippen LogP contribution in [0.3, 0.4) is 0 Å². The molecule has 0 unspecified atom stereocenters. The van der Waals surface area contributed by atoms with Crippen LogP contribution in [0.25, 0.3) is 0 Å². The van der Waals surface area contributed by atoms with Gasteiger partial charge in [-0.25, -0.2) is 0 Å². The van der Waals surface area contributed by atoms with E-state index in [-0.39, 0.29) is 0 Å². The van der Waals surface area contributed by atoms with Gasteiger partial charge in [-0.05, 0) is 19.1 Å². The fourth-order valence-corrected chi connectivity index (χ4v) is 1.64. The number of rotatable bonds is 2. The number of halogens is 2. The van der Waals surface area contributed by atoms with E-state index in [4.69, 9.17) is 34.7 Å². The molecule has 5 N–H and O–H groups in total. The van der Waals surface area contributed by atoms with E-state index >= 15 is 0 Å². The molecule has 0 aliphatic rings. The average molecular weight is 235 g/mol. The van der Waals surface area contributed by atoms with Gasteiger partial charge in [-0.3, -0.25) is 0 Å². The second-order valence-corrected chi connectivity index (χ2v) is 4.04. The maximum Gasteiger partial charge on any atom is 0.0959 e. The van der Waals surface area contributed by atoms with Crippen LogP contribution in [-0.2, 0) is 0 Å². The smallest absolute Gasteiger partial charge is 0.0959 e. The first-order valence-electron chi connectivity index (χ1n) is 4.11. The number of hydrogen-bond donors (Lipinski definition) is 3. The lowest BCUT2D eigenvalue weighted by molar-refractivity contribution is 0.154. The molecule has 1 aromatic rings. The summed E-state index contributed by atoms with van der Waals surface area (Å²) in [6.45, 7) is 1.68. The van der Waals surface area contributed by atoms with Gasteiger partial charge in [-0.15, -0.1) is 0 Å². The zero-order valence-electron chi connectivity index (χ0n) is 7.67. The van der Waals surface area contributed by atoms with Gasteiger partial charge in [0, 0.05) is 16.6 Å². The summed E-state index contributed by atoms with van der Waals surface area (Å²) in [5, 5.41) is 10.5. The van der Waals surface area contributed by atoms with Crippen molar-refractivity contribution in [2.45, 2.75) is 19.1 Å². The van der Waals surface area contributed by atoms with Crippen LogP contribution in [0.15, 0.2) is 12.1 Å². The molecule has 0 fully saturated rings. The molecule has 0 aromatic heterocycles. The molecule has 0 aliphatic carbocycles. The van der Waals surface area contributed by atoms with Crippen LogP contribution in [-0.4, -0.2) is 11.1 Å². The molecule has 0 bridgehead atoms. The molecule has 2 atom stereocenters. The fraction of sp³-hybridized carbons (Fsp3) is 0.333. The Morgan fingerprint density at radius 1 is 1.36 bits per heavy atom. The average Bonchev–Trinajstić information content (AvgIpc) is 2.09. The lowest BCUT2D eigenvalue weighted by Gasteiger charge is -2.17. The van der Waals surface area contributed by atoms with Crippen LogP contribution >= 0.6 is 23.2 Å². The van der Waals surface area contributed by atoms with Gasteiger partial charge in [0.15, 0.2) is 0 Å². The number of aliphatic hydroxyl groups is 1. The molecule has 0 heterocycles. The minimum Gasteiger partial charge on any atom is -0.397 e. The highest BCUT2D eigenvalue weighted by Crippen LogP contribution is 2.32. The SMILES string of the molecule is C[C@@H](N)[C@H](O)c1cc(Cl)cc(Cl)c1N. The lowest BCUT2D eigenvalue weighted by atomic mass is 10.0. The Bertz CT molecular complexity index is 342. The monoisotopic (exact) mass is 234 g/mol. The Kier molecular flexibility index (Phi) is 3.61. The summed E-state index contributed by atoms with van der Waals surface area (Å²) < 4.78 is 0. The van der Waals surface area contributed by atoms with Crippen LogP contribution < -0.4 is 11.5 Å². The molecule has 0 amide bonds. The highest BCUT2D eigenvalue weighted by molar-refractivity contribution is 6.36. The largest absolute Gasteiger partial charge is 0.397 e. The quantitative estimate of drug-likeness (QED) is 0.686. The standard InChI is InChI=1S/C9H12Cl2N2O/c1-4(12)9(14)6-2-5(10)3-7(11)8(6)13/h2-4,9,14H,12-13H2,1H3/t4-,9+/m1/s1. The highest BCUT2D eigenvalue weighted by atomic mass is 35.5. The molecule has 3 nitrogen and oxygen atoms in total. The first kappa shape index (κ1) is 11.6. The summed E-state index contributed by atoms with van der Waals surface area (Å²) >= 11 is 11.6. The normalized spacial score (nSPS) is 15.2. The summed E-state index contributed by atoms with van der Waals surface area (Å²) in [4.78, 5) is 0. The second-order valence-electron chi connectivity index (χ2n) is 3.19. The highest BCUT2D eigenvalue weighted by Gasteiger charge is 2.17. The van der Waals surface area contributed by atoms with E-state index in [9.17, 15) is 5.11 Å². The first-order valence-corrected chi connectivity index (χ1v) is 4.87. The minimum absolute atomic E-state index is 0.320. The Labute approximate surface area is 92.6 Å². The number of benzene rings is 1. The molecule has 1 rings (SSSR count). The Morgan fingerprint density at radius 3 is 2.43 bits per heavy atom. The van der Waals surface area contributed by atoms with Crippen molar-refractivity contribution >= 4 is 28.9 Å². The molecule has 0 saturated carbocycles. The van der Waals surface area contributed by atoms with Gasteiger partial charge >= 0.3 is 0 Å². The molecular weight excluding hydrogens is 223 g/mol. The molecule has 78 valence electrons. The number of nitrogens with two attached hydrogens (primary N) is 2. The summed E-state index contributed by atoms with van der Waals surface area (Å²) in [5.74, 6) is 0. The van der Waals surface area contributed by atoms with E-state index in [0.717, 1.165) is 0 Å². The summed E-state index contributed by atoms with van der Waals surface area (Å²) in [6.07, 6.45) is -0.855. The van der Waals surface area contributed by atoms with Crippen molar-refractivity contribution in [2.24, 2.45) is 5.73 Å². The number of hydrogen-bond acceptors (Lipinski definition) is 3. The predicted molar refractivity (Wildman–Crippen MR) is 59.5 cm³/mol. The third-order valence-corrected chi connectivity index (χ3v) is 2.47. The molecule has 0 saturated heterocycles. The van der Waals surface area contributed by atoms with Gasteiger partial charge in [-0.1, -0.05) is 23.2 Å². The first-order chi connectivity index (χ1) is 6.43. The topological polar surface area (TPSA) is 72.3 Å². The van der Waals surface area contributed by atoms with Gasteiger partial charge in [0.1, 0.15) is 0 Å². The van der Waals surface area contributed by atoms with E-state index in [1.54, 1.807) is 13.0 Å². The number of aliphatic hydroxyl groups excluding tert-OH is 1. The van der Waals surface area contributed by atoms with Gasteiger partial charge < -0.3 is 16.6 Å². The van der Waals surface area contributed by atoms with Gasteiger partial charge in [0.25, 0.3) is 0 Å². The molecule has 0 radical (unpaired) electrons. The number of anilines is 1. The third-order valence-electron chi connectivity index (χ3n) is 1.94. The molecule has 5 heteroatoms. The molecular formula is C9H12Cl2N2O. The molecule has 1 aromatic carbocycles. The lowest BCUT2D eigenvalue weighted by Crippen LogP contribution is -2.25. The fourth-order valence-electron chi connectivity index (χ4n) is 1.13. The van der Waals surface area contributed by atoms with Crippen LogP contribution in [0.4, 0.5) is 5.69 Å². The summed E-state index contributed by atoms with van der Waals surface area (Å²) in [5.41, 5.74) is 12.0. The van der Waals surface area contributed by atoms with E-state index in [0.29, 0.717) is 21.3 Å². The molecule has 0 aliphatic heterocycles. The van der Waals surface area contributed by atoms with Crippen molar-refractivity contribution in [3.63, 3.8) is 0 Å². The van der Waals surface area contributed by atoms with E-state index in [2.05, 4.69) is 0 Å². The predicted octanol–water partition coefficient (Wildman–Crippen LogP) is 1.96. The van der Waals surface area contributed by atoms with Gasteiger partial charge in [0.05, 0.1) is 16.8 Å². The van der Waals surface area contributed by atoms with Crippen molar-refractivity contribution in [1.82, 2.24) is 0 Å². The van der Waals surface area contributed by atoms with Crippen LogP contribution in [0.5, 0.6) is 0 Å². The van der Waals surface area contributed by atoms with Crippen molar-refractivity contribution in [3.8, 4) is 0 Å². The zero-order chi connectivity index (χ0) is 10.9. The Hall–Kier alpha value is -0.480. The zero-order valence-corrected chi connectivity index (χ0v) is 9.18. The minimum atomic E-state index is -0.855. The van der Waals surface area contributed by atoms with Gasteiger partial charge in [-0.2, -0.15) is 0 Å². The number of nitrogen functional groups attached to an aromatic ring is 1. The van der Waals surface area contributed by atoms with E-state index < -0.39 is 12.1 Å². The maximum absolute atomic E-state index is 9.71. The Balaban J connectivity index is 3.20.